The molecular weight excluding hydrogens is 376 g/mol. The molecule has 3 rings (SSSR count). The van der Waals surface area contributed by atoms with Gasteiger partial charge in [0.25, 0.3) is 5.69 Å². The number of nitro groups is 1. The third-order valence-electron chi connectivity index (χ3n) is 4.58. The predicted molar refractivity (Wildman–Crippen MR) is 101 cm³/mol. The molecule has 1 saturated heterocycles. The van der Waals surface area contributed by atoms with E-state index in [4.69, 9.17) is 0 Å². The number of benzene rings is 1. The van der Waals surface area contributed by atoms with E-state index in [1.54, 1.807) is 23.6 Å². The number of nitrogens with zero attached hydrogens (tertiary/aromatic N) is 4. The van der Waals surface area contributed by atoms with Gasteiger partial charge in [-0.15, -0.1) is 11.3 Å². The van der Waals surface area contributed by atoms with E-state index < -0.39 is 14.8 Å². The Morgan fingerprint density at radius 2 is 1.96 bits per heavy atom. The number of thiazole rings is 1. The number of aromatic nitrogens is 1. The Hall–Kier alpha value is -2.04. The zero-order valence-corrected chi connectivity index (χ0v) is 16.2. The molecule has 0 spiro atoms. The van der Waals surface area contributed by atoms with Crippen LogP contribution in [-0.2, 0) is 9.84 Å². The van der Waals surface area contributed by atoms with Crippen LogP contribution in [0.4, 0.5) is 11.4 Å². The largest absolute Gasteiger partial charge is 0.369 e. The molecule has 2 aromatic rings. The van der Waals surface area contributed by atoms with E-state index in [-0.39, 0.29) is 16.6 Å². The minimum Gasteiger partial charge on any atom is -0.369 e. The molecule has 2 heterocycles. The van der Waals surface area contributed by atoms with Crippen molar-refractivity contribution in [3.05, 3.63) is 44.9 Å². The molecule has 1 unspecified atom stereocenters. The molecule has 140 valence electrons. The van der Waals surface area contributed by atoms with Crippen molar-refractivity contribution in [1.82, 2.24) is 9.88 Å². The normalized spacial score (nSPS) is 17.2. The molecule has 0 N–H and O–H groups in total. The monoisotopic (exact) mass is 396 g/mol. The number of rotatable bonds is 5. The molecule has 0 saturated carbocycles. The number of piperazine rings is 1. The van der Waals surface area contributed by atoms with Crippen molar-refractivity contribution < 1.29 is 13.3 Å². The predicted octanol–water partition coefficient (Wildman–Crippen LogP) is 2.34. The van der Waals surface area contributed by atoms with Gasteiger partial charge in [0.05, 0.1) is 11.0 Å². The molecule has 1 atom stereocenters. The van der Waals surface area contributed by atoms with E-state index in [1.807, 2.05) is 5.38 Å². The minimum absolute atomic E-state index is 0.237. The molecule has 0 amide bonds. The van der Waals surface area contributed by atoms with Crippen LogP contribution in [0.5, 0.6) is 0 Å². The SMILES string of the molecule is CC(c1nccs1)N1CCN(c2ccc([N+](=O)[O-])c(S(C)(=O)=O)c2)CC1. The van der Waals surface area contributed by atoms with Crippen molar-refractivity contribution >= 4 is 32.5 Å². The lowest BCUT2D eigenvalue weighted by atomic mass is 10.2. The summed E-state index contributed by atoms with van der Waals surface area (Å²) < 4.78 is 23.9. The molecule has 1 aliphatic rings. The van der Waals surface area contributed by atoms with Gasteiger partial charge in [0.1, 0.15) is 9.90 Å². The quantitative estimate of drug-likeness (QED) is 0.565. The molecule has 0 radical (unpaired) electrons. The van der Waals surface area contributed by atoms with Gasteiger partial charge in [-0.2, -0.15) is 0 Å². The zero-order chi connectivity index (χ0) is 18.9. The molecule has 10 heteroatoms. The van der Waals surface area contributed by atoms with E-state index in [1.165, 1.54) is 12.1 Å². The van der Waals surface area contributed by atoms with Crippen molar-refractivity contribution in [3.63, 3.8) is 0 Å². The van der Waals surface area contributed by atoms with Gasteiger partial charge in [-0.1, -0.05) is 0 Å². The highest BCUT2D eigenvalue weighted by atomic mass is 32.2. The van der Waals surface area contributed by atoms with Crippen molar-refractivity contribution in [2.24, 2.45) is 0 Å². The summed E-state index contributed by atoms with van der Waals surface area (Å²) in [6.45, 7) is 5.19. The fraction of sp³-hybridized carbons (Fsp3) is 0.438. The number of sulfone groups is 1. The summed E-state index contributed by atoms with van der Waals surface area (Å²) in [7, 11) is -3.68. The second-order valence-corrected chi connectivity index (χ2v) is 9.16. The summed E-state index contributed by atoms with van der Waals surface area (Å²) in [6.07, 6.45) is 2.79. The van der Waals surface area contributed by atoms with E-state index in [0.717, 1.165) is 37.4 Å². The van der Waals surface area contributed by atoms with Gasteiger partial charge in [-0.25, -0.2) is 13.4 Å². The number of hydrogen-bond acceptors (Lipinski definition) is 8. The van der Waals surface area contributed by atoms with Gasteiger partial charge in [-0.05, 0) is 19.1 Å². The molecule has 1 aromatic carbocycles. The van der Waals surface area contributed by atoms with Crippen LogP contribution in [0.1, 0.15) is 18.0 Å². The Kier molecular flexibility index (Phi) is 5.26. The Balaban J connectivity index is 1.76. The molecular formula is C16H20N4O4S2. The van der Waals surface area contributed by atoms with Gasteiger partial charge in [0.15, 0.2) is 9.84 Å². The van der Waals surface area contributed by atoms with Crippen LogP contribution in [-0.4, -0.2) is 55.7 Å². The van der Waals surface area contributed by atoms with Gasteiger partial charge < -0.3 is 4.90 Å². The van der Waals surface area contributed by atoms with Crippen molar-refractivity contribution in [2.75, 3.05) is 37.3 Å². The fourth-order valence-corrected chi connectivity index (χ4v) is 4.70. The molecule has 26 heavy (non-hydrogen) atoms. The Morgan fingerprint density at radius 3 is 2.50 bits per heavy atom. The first-order valence-corrected chi connectivity index (χ1v) is 10.9. The number of hydrogen-bond donors (Lipinski definition) is 0. The smallest absolute Gasteiger partial charge is 0.288 e. The summed E-state index contributed by atoms with van der Waals surface area (Å²) in [5.74, 6) is 0. The minimum atomic E-state index is -3.68. The van der Waals surface area contributed by atoms with Gasteiger partial charge >= 0.3 is 0 Å². The maximum atomic E-state index is 11.9. The van der Waals surface area contributed by atoms with Crippen molar-refractivity contribution in [2.45, 2.75) is 17.9 Å². The number of nitro benzene ring substituents is 1. The summed E-state index contributed by atoms with van der Waals surface area (Å²) >= 11 is 1.63. The van der Waals surface area contributed by atoms with Crippen molar-refractivity contribution in [3.8, 4) is 0 Å². The Labute approximate surface area is 156 Å². The lowest BCUT2D eigenvalue weighted by Gasteiger charge is -2.38. The van der Waals surface area contributed by atoms with Gasteiger partial charge in [-0.3, -0.25) is 15.0 Å². The Morgan fingerprint density at radius 1 is 1.27 bits per heavy atom. The Bertz CT molecular complexity index is 891. The van der Waals surface area contributed by atoms with Crippen LogP contribution in [0.25, 0.3) is 0 Å². The highest BCUT2D eigenvalue weighted by Gasteiger charge is 2.27. The summed E-state index contributed by atoms with van der Waals surface area (Å²) in [6, 6.07) is 4.54. The van der Waals surface area contributed by atoms with Crippen LogP contribution < -0.4 is 4.90 Å². The zero-order valence-electron chi connectivity index (χ0n) is 14.5. The topological polar surface area (TPSA) is 96.7 Å². The highest BCUT2D eigenvalue weighted by molar-refractivity contribution is 7.90. The van der Waals surface area contributed by atoms with Crippen LogP contribution in [0.15, 0.2) is 34.7 Å². The highest BCUT2D eigenvalue weighted by Crippen LogP contribution is 2.30. The van der Waals surface area contributed by atoms with Gasteiger partial charge in [0, 0.05) is 55.8 Å². The van der Waals surface area contributed by atoms with Crippen LogP contribution in [0, 0.1) is 10.1 Å². The first-order valence-electron chi connectivity index (χ1n) is 8.14. The molecule has 1 aromatic heterocycles. The average Bonchev–Trinajstić information content (AvgIpc) is 3.14. The first kappa shape index (κ1) is 18.7. The summed E-state index contributed by atoms with van der Waals surface area (Å²) in [4.78, 5) is 19.0. The maximum Gasteiger partial charge on any atom is 0.288 e. The number of anilines is 1. The maximum absolute atomic E-state index is 11.9. The standard InChI is InChI=1S/C16H20N4O4S2/c1-12(16-17-5-10-25-16)18-6-8-19(9-7-18)13-3-4-14(20(21)22)15(11-13)26(2,23)24/h3-5,10-12H,6-9H2,1-2H3. The third-order valence-corrected chi connectivity index (χ3v) is 6.65. The van der Waals surface area contributed by atoms with E-state index in [2.05, 4.69) is 21.7 Å². The van der Waals surface area contributed by atoms with Crippen LogP contribution in [0.3, 0.4) is 0 Å². The van der Waals surface area contributed by atoms with E-state index in [0.29, 0.717) is 5.69 Å². The van der Waals surface area contributed by atoms with Crippen molar-refractivity contribution in [1.29, 1.82) is 0 Å². The van der Waals surface area contributed by atoms with E-state index >= 15 is 0 Å². The first-order chi connectivity index (χ1) is 12.3. The summed E-state index contributed by atoms with van der Waals surface area (Å²) in [5, 5.41) is 14.1. The lowest BCUT2D eigenvalue weighted by molar-refractivity contribution is -0.387. The molecule has 0 bridgehead atoms. The second-order valence-electron chi connectivity index (χ2n) is 6.25. The van der Waals surface area contributed by atoms with Crippen LogP contribution in [0.2, 0.25) is 0 Å². The van der Waals surface area contributed by atoms with Crippen LogP contribution >= 0.6 is 11.3 Å². The molecule has 1 fully saturated rings. The second kappa shape index (κ2) is 7.29. The molecule has 1 aliphatic heterocycles. The fourth-order valence-electron chi connectivity index (χ4n) is 3.11. The lowest BCUT2D eigenvalue weighted by Crippen LogP contribution is -2.47. The van der Waals surface area contributed by atoms with E-state index in [9.17, 15) is 18.5 Å². The van der Waals surface area contributed by atoms with Gasteiger partial charge in [0.2, 0.25) is 0 Å². The molecule has 0 aliphatic carbocycles. The summed E-state index contributed by atoms with van der Waals surface area (Å²) in [5.41, 5.74) is 0.310. The average molecular weight is 396 g/mol. The molecule has 8 nitrogen and oxygen atoms in total. The third kappa shape index (κ3) is 3.87.